The number of carbonyl (C=O) groups excluding carboxylic acids is 1. The molecule has 104 valence electrons. The zero-order valence-electron chi connectivity index (χ0n) is 11.7. The Morgan fingerprint density at radius 2 is 1.90 bits per heavy atom. The van der Waals surface area contributed by atoms with Gasteiger partial charge in [-0.1, -0.05) is 13.8 Å². The van der Waals surface area contributed by atoms with Crippen LogP contribution in [-0.2, 0) is 6.42 Å². The Labute approximate surface area is 118 Å². The molecule has 0 radical (unpaired) electrons. The van der Waals surface area contributed by atoms with Crippen LogP contribution in [0.4, 0.5) is 0 Å². The van der Waals surface area contributed by atoms with Gasteiger partial charge in [-0.3, -0.25) is 9.78 Å². The summed E-state index contributed by atoms with van der Waals surface area (Å²) in [5, 5.41) is 10.8. The van der Waals surface area contributed by atoms with Crippen molar-refractivity contribution in [2.45, 2.75) is 26.2 Å². The van der Waals surface area contributed by atoms with Gasteiger partial charge in [0.2, 0.25) is 0 Å². The minimum absolute atomic E-state index is 0.193. The lowest BCUT2D eigenvalue weighted by Crippen LogP contribution is -2.26. The molecule has 0 spiro atoms. The third kappa shape index (κ3) is 3.85. The van der Waals surface area contributed by atoms with Crippen molar-refractivity contribution in [2.75, 3.05) is 6.54 Å². The molecule has 0 aromatic carbocycles. The second kappa shape index (κ2) is 6.75. The van der Waals surface area contributed by atoms with E-state index >= 15 is 0 Å². The summed E-state index contributed by atoms with van der Waals surface area (Å²) < 4.78 is 0. The molecule has 1 N–H and O–H groups in total. The molecule has 1 amide bonds. The maximum Gasteiger partial charge on any atom is 0.271 e. The molecule has 0 aliphatic heterocycles. The van der Waals surface area contributed by atoms with Crippen molar-refractivity contribution >= 4 is 5.91 Å². The van der Waals surface area contributed by atoms with Crippen LogP contribution in [0.15, 0.2) is 36.7 Å². The van der Waals surface area contributed by atoms with E-state index in [1.165, 1.54) is 0 Å². The van der Waals surface area contributed by atoms with Crippen LogP contribution in [0.1, 0.15) is 41.5 Å². The SMILES string of the molecule is CC(C)c1ccc(C(=O)NCCc2ccncc2)nn1. The molecule has 0 saturated heterocycles. The summed E-state index contributed by atoms with van der Waals surface area (Å²) in [6.07, 6.45) is 4.26. The van der Waals surface area contributed by atoms with Gasteiger partial charge in [0.15, 0.2) is 5.69 Å². The Balaban J connectivity index is 1.85. The first-order valence-electron chi connectivity index (χ1n) is 6.67. The van der Waals surface area contributed by atoms with Crippen molar-refractivity contribution < 1.29 is 4.79 Å². The van der Waals surface area contributed by atoms with Gasteiger partial charge in [0.05, 0.1) is 5.69 Å². The van der Waals surface area contributed by atoms with Crippen molar-refractivity contribution in [3.8, 4) is 0 Å². The Kier molecular flexibility index (Phi) is 4.76. The zero-order chi connectivity index (χ0) is 14.4. The van der Waals surface area contributed by atoms with E-state index in [-0.39, 0.29) is 5.91 Å². The molecule has 0 aliphatic rings. The van der Waals surface area contributed by atoms with Crippen LogP contribution in [-0.4, -0.2) is 27.6 Å². The maximum absolute atomic E-state index is 11.9. The van der Waals surface area contributed by atoms with Gasteiger partial charge >= 0.3 is 0 Å². The van der Waals surface area contributed by atoms with E-state index in [1.807, 2.05) is 32.0 Å². The number of hydrogen-bond donors (Lipinski definition) is 1. The smallest absolute Gasteiger partial charge is 0.271 e. The molecule has 0 saturated carbocycles. The van der Waals surface area contributed by atoms with E-state index in [2.05, 4.69) is 20.5 Å². The van der Waals surface area contributed by atoms with Gasteiger partial charge in [-0.05, 0) is 42.2 Å². The molecular weight excluding hydrogens is 252 g/mol. The maximum atomic E-state index is 11.9. The third-order valence-corrected chi connectivity index (χ3v) is 2.96. The average Bonchev–Trinajstić information content (AvgIpc) is 2.48. The molecule has 2 rings (SSSR count). The number of nitrogens with one attached hydrogen (secondary N) is 1. The number of aromatic nitrogens is 3. The van der Waals surface area contributed by atoms with Crippen LogP contribution in [0.3, 0.4) is 0 Å². The molecule has 0 atom stereocenters. The van der Waals surface area contributed by atoms with Gasteiger partial charge < -0.3 is 5.32 Å². The average molecular weight is 270 g/mol. The van der Waals surface area contributed by atoms with E-state index < -0.39 is 0 Å². The number of nitrogens with zero attached hydrogens (tertiary/aromatic N) is 3. The molecule has 0 unspecified atom stereocenters. The second-order valence-corrected chi connectivity index (χ2v) is 4.86. The lowest BCUT2D eigenvalue weighted by Gasteiger charge is -2.06. The summed E-state index contributed by atoms with van der Waals surface area (Å²) in [5.41, 5.74) is 2.38. The van der Waals surface area contributed by atoms with Crippen molar-refractivity contribution in [3.63, 3.8) is 0 Å². The quantitative estimate of drug-likeness (QED) is 0.902. The fourth-order valence-electron chi connectivity index (χ4n) is 1.73. The summed E-state index contributed by atoms with van der Waals surface area (Å²) in [5.74, 6) is 0.119. The molecule has 2 heterocycles. The summed E-state index contributed by atoms with van der Waals surface area (Å²) in [7, 11) is 0. The van der Waals surface area contributed by atoms with Crippen molar-refractivity contribution in [3.05, 3.63) is 53.6 Å². The molecule has 0 bridgehead atoms. The highest BCUT2D eigenvalue weighted by Gasteiger charge is 2.08. The van der Waals surface area contributed by atoms with Crippen molar-refractivity contribution in [2.24, 2.45) is 0 Å². The predicted molar refractivity (Wildman–Crippen MR) is 76.4 cm³/mol. The van der Waals surface area contributed by atoms with Crippen LogP contribution in [0.25, 0.3) is 0 Å². The summed E-state index contributed by atoms with van der Waals surface area (Å²) in [6, 6.07) is 7.42. The summed E-state index contributed by atoms with van der Waals surface area (Å²) in [6.45, 7) is 4.65. The Morgan fingerprint density at radius 3 is 2.50 bits per heavy atom. The minimum atomic E-state index is -0.193. The molecule has 0 aliphatic carbocycles. The largest absolute Gasteiger partial charge is 0.350 e. The van der Waals surface area contributed by atoms with Crippen LogP contribution in [0, 0.1) is 0 Å². The molecule has 2 aromatic heterocycles. The van der Waals surface area contributed by atoms with Gasteiger partial charge in [-0.2, -0.15) is 5.10 Å². The fourth-order valence-corrected chi connectivity index (χ4v) is 1.73. The summed E-state index contributed by atoms with van der Waals surface area (Å²) in [4.78, 5) is 15.8. The normalized spacial score (nSPS) is 10.6. The lowest BCUT2D eigenvalue weighted by atomic mass is 10.1. The van der Waals surface area contributed by atoms with Crippen molar-refractivity contribution in [1.82, 2.24) is 20.5 Å². The lowest BCUT2D eigenvalue weighted by molar-refractivity contribution is 0.0948. The van der Waals surface area contributed by atoms with Crippen LogP contribution in [0.2, 0.25) is 0 Å². The topological polar surface area (TPSA) is 67.8 Å². The number of rotatable bonds is 5. The molecule has 2 aromatic rings. The number of amides is 1. The van der Waals surface area contributed by atoms with Gasteiger partial charge in [-0.15, -0.1) is 5.10 Å². The molecule has 5 heteroatoms. The minimum Gasteiger partial charge on any atom is -0.350 e. The third-order valence-electron chi connectivity index (χ3n) is 2.96. The van der Waals surface area contributed by atoms with Crippen LogP contribution < -0.4 is 5.32 Å². The van der Waals surface area contributed by atoms with E-state index in [0.717, 1.165) is 17.7 Å². The second-order valence-electron chi connectivity index (χ2n) is 4.86. The molecular formula is C15H18N4O. The van der Waals surface area contributed by atoms with Gasteiger partial charge in [-0.25, -0.2) is 0 Å². The highest BCUT2D eigenvalue weighted by Crippen LogP contribution is 2.09. The van der Waals surface area contributed by atoms with E-state index in [4.69, 9.17) is 0 Å². The van der Waals surface area contributed by atoms with Crippen molar-refractivity contribution in [1.29, 1.82) is 0 Å². The Bertz CT molecular complexity index is 552. The first kappa shape index (κ1) is 14.1. The zero-order valence-corrected chi connectivity index (χ0v) is 11.7. The van der Waals surface area contributed by atoms with E-state index in [1.54, 1.807) is 18.5 Å². The van der Waals surface area contributed by atoms with E-state index in [0.29, 0.717) is 18.2 Å². The highest BCUT2D eigenvalue weighted by molar-refractivity contribution is 5.91. The summed E-state index contributed by atoms with van der Waals surface area (Å²) >= 11 is 0. The van der Waals surface area contributed by atoms with E-state index in [9.17, 15) is 4.79 Å². The monoisotopic (exact) mass is 270 g/mol. The van der Waals surface area contributed by atoms with Crippen LogP contribution in [0.5, 0.6) is 0 Å². The van der Waals surface area contributed by atoms with Crippen LogP contribution >= 0.6 is 0 Å². The highest BCUT2D eigenvalue weighted by atomic mass is 16.1. The van der Waals surface area contributed by atoms with Gasteiger partial charge in [0, 0.05) is 18.9 Å². The fraction of sp³-hybridized carbons (Fsp3) is 0.333. The number of pyridine rings is 1. The Hall–Kier alpha value is -2.30. The standard InChI is InChI=1S/C15H18N4O/c1-11(2)13-3-4-14(19-18-13)15(20)17-10-7-12-5-8-16-9-6-12/h3-6,8-9,11H,7,10H2,1-2H3,(H,17,20). The van der Waals surface area contributed by atoms with Gasteiger partial charge in [0.1, 0.15) is 0 Å². The molecule has 5 nitrogen and oxygen atoms in total. The molecule has 0 fully saturated rings. The number of hydrogen-bond acceptors (Lipinski definition) is 4. The Morgan fingerprint density at radius 1 is 1.15 bits per heavy atom. The molecule has 20 heavy (non-hydrogen) atoms. The predicted octanol–water partition coefficient (Wildman–Crippen LogP) is 1.97. The first-order valence-corrected chi connectivity index (χ1v) is 6.67. The first-order chi connectivity index (χ1) is 9.66. The van der Waals surface area contributed by atoms with Gasteiger partial charge in [0.25, 0.3) is 5.91 Å². The number of carbonyl (C=O) groups is 1.